The molecule has 13 aromatic rings. The first-order chi connectivity index (χ1) is 31.2. The lowest BCUT2D eigenvalue weighted by atomic mass is 10.0. The SMILES string of the molecule is c1ccc(-c2nc(-c3ccc4c(c3)c3ccccc3n4-c3ccccc3)nc(-c3cc(-n4c5ccccc5c5ccccc54)cc4c3sc3c(-c5ccccc5)cccc34)n2)cc1. The number of para-hydroxylation sites is 4. The molecule has 6 heteroatoms. The van der Waals surface area contributed by atoms with Crippen molar-refractivity contribution in [1.29, 1.82) is 0 Å². The summed E-state index contributed by atoms with van der Waals surface area (Å²) in [4.78, 5) is 16.1. The van der Waals surface area contributed by atoms with Crippen molar-refractivity contribution in [3.05, 3.63) is 212 Å². The van der Waals surface area contributed by atoms with Gasteiger partial charge in [-0.2, -0.15) is 0 Å². The van der Waals surface area contributed by atoms with Crippen molar-refractivity contribution in [2.24, 2.45) is 0 Å². The third-order valence-electron chi connectivity index (χ3n) is 12.4. The Morgan fingerprint density at radius 1 is 0.286 bits per heavy atom. The number of nitrogens with zero attached hydrogens (tertiary/aromatic N) is 5. The molecular formula is C57H35N5S. The highest BCUT2D eigenvalue weighted by Crippen LogP contribution is 2.46. The molecule has 0 aliphatic rings. The monoisotopic (exact) mass is 821 g/mol. The lowest BCUT2D eigenvalue weighted by Crippen LogP contribution is -2.01. The van der Waals surface area contributed by atoms with E-state index in [4.69, 9.17) is 15.0 Å². The maximum Gasteiger partial charge on any atom is 0.165 e. The standard InChI is InChI=1S/C57H35N5S/c1-4-17-36(18-5-1)41-26-16-27-45-47-34-40(62-49-28-13-10-23-42(49)43-24-11-14-29-50(43)62)35-48(54(47)63-53(41)45)57-59-55(37-19-6-2-7-20-37)58-56(60-57)38-31-32-52-46(33-38)44-25-12-15-30-51(44)61(52)39-21-8-3-9-22-39/h1-35H. The van der Waals surface area contributed by atoms with E-state index in [-0.39, 0.29) is 0 Å². The van der Waals surface area contributed by atoms with Gasteiger partial charge in [-0.3, -0.25) is 0 Å². The average Bonchev–Trinajstić information content (AvgIpc) is 4.02. The molecule has 0 aliphatic heterocycles. The van der Waals surface area contributed by atoms with Gasteiger partial charge in [-0.1, -0.05) is 152 Å². The molecule has 0 unspecified atom stereocenters. The number of hydrogen-bond acceptors (Lipinski definition) is 4. The van der Waals surface area contributed by atoms with Crippen LogP contribution in [0.5, 0.6) is 0 Å². The van der Waals surface area contributed by atoms with Gasteiger partial charge in [-0.05, 0) is 71.8 Å². The highest BCUT2D eigenvalue weighted by molar-refractivity contribution is 7.26. The molecule has 4 aromatic heterocycles. The quantitative estimate of drug-likeness (QED) is 0.168. The van der Waals surface area contributed by atoms with E-state index in [0.29, 0.717) is 17.5 Å². The predicted molar refractivity (Wildman–Crippen MR) is 263 cm³/mol. The second-order valence-electron chi connectivity index (χ2n) is 16.0. The fourth-order valence-electron chi connectivity index (χ4n) is 9.53. The van der Waals surface area contributed by atoms with Crippen LogP contribution in [0.2, 0.25) is 0 Å². The van der Waals surface area contributed by atoms with Crippen molar-refractivity contribution in [1.82, 2.24) is 24.1 Å². The molecule has 294 valence electrons. The molecule has 0 spiro atoms. The normalized spacial score (nSPS) is 11.8. The van der Waals surface area contributed by atoms with Crippen molar-refractivity contribution in [2.75, 3.05) is 0 Å². The average molecular weight is 822 g/mol. The van der Waals surface area contributed by atoms with Crippen molar-refractivity contribution >= 4 is 75.1 Å². The van der Waals surface area contributed by atoms with Crippen LogP contribution in [-0.4, -0.2) is 24.1 Å². The lowest BCUT2D eigenvalue weighted by Gasteiger charge is -2.13. The number of rotatable bonds is 6. The van der Waals surface area contributed by atoms with Crippen LogP contribution in [0.4, 0.5) is 0 Å². The molecule has 0 saturated carbocycles. The van der Waals surface area contributed by atoms with Gasteiger partial charge in [0.05, 0.1) is 22.1 Å². The molecule has 0 atom stereocenters. The Labute approximate surface area is 366 Å². The molecular weight excluding hydrogens is 787 g/mol. The Balaban J connectivity index is 1.11. The molecule has 0 amide bonds. The summed E-state index contributed by atoms with van der Waals surface area (Å²) < 4.78 is 7.10. The molecule has 0 radical (unpaired) electrons. The second-order valence-corrected chi connectivity index (χ2v) is 17.0. The smallest absolute Gasteiger partial charge is 0.165 e. The van der Waals surface area contributed by atoms with Crippen LogP contribution < -0.4 is 0 Å². The number of hydrogen-bond donors (Lipinski definition) is 0. The van der Waals surface area contributed by atoms with Gasteiger partial charge < -0.3 is 9.13 Å². The molecule has 9 aromatic carbocycles. The van der Waals surface area contributed by atoms with Crippen molar-refractivity contribution in [3.63, 3.8) is 0 Å². The molecule has 0 aliphatic carbocycles. The van der Waals surface area contributed by atoms with E-state index in [0.717, 1.165) is 60.2 Å². The molecule has 63 heavy (non-hydrogen) atoms. The van der Waals surface area contributed by atoms with Crippen molar-refractivity contribution in [3.8, 4) is 56.7 Å². The maximum atomic E-state index is 5.47. The van der Waals surface area contributed by atoms with E-state index in [9.17, 15) is 0 Å². The predicted octanol–water partition coefficient (Wildman–Crippen LogP) is 15.1. The fraction of sp³-hybridized carbons (Fsp3) is 0. The number of benzene rings is 9. The van der Waals surface area contributed by atoms with E-state index >= 15 is 0 Å². The van der Waals surface area contributed by atoms with E-state index in [1.807, 2.05) is 29.5 Å². The second kappa shape index (κ2) is 14.2. The van der Waals surface area contributed by atoms with Crippen LogP contribution in [0, 0.1) is 0 Å². The van der Waals surface area contributed by atoms with E-state index < -0.39 is 0 Å². The summed E-state index contributed by atoms with van der Waals surface area (Å²) in [6.45, 7) is 0. The van der Waals surface area contributed by atoms with E-state index in [1.165, 1.54) is 42.8 Å². The van der Waals surface area contributed by atoms with E-state index in [1.54, 1.807) is 0 Å². The summed E-state index contributed by atoms with van der Waals surface area (Å²) in [6.07, 6.45) is 0. The zero-order chi connectivity index (χ0) is 41.4. The third kappa shape index (κ3) is 5.66. The first-order valence-corrected chi connectivity index (χ1v) is 22.0. The van der Waals surface area contributed by atoms with E-state index in [2.05, 4.69) is 203 Å². The highest BCUT2D eigenvalue weighted by Gasteiger charge is 2.22. The summed E-state index contributed by atoms with van der Waals surface area (Å²) in [7, 11) is 0. The van der Waals surface area contributed by atoms with Crippen LogP contribution in [0.3, 0.4) is 0 Å². The molecule has 0 N–H and O–H groups in total. The minimum absolute atomic E-state index is 0.624. The van der Waals surface area contributed by atoms with Crippen LogP contribution in [0.25, 0.3) is 120 Å². The number of thiophene rings is 1. The van der Waals surface area contributed by atoms with Gasteiger partial charge in [0.2, 0.25) is 0 Å². The van der Waals surface area contributed by atoms with Gasteiger partial charge in [0.25, 0.3) is 0 Å². The van der Waals surface area contributed by atoms with Gasteiger partial charge in [-0.15, -0.1) is 11.3 Å². The first-order valence-electron chi connectivity index (χ1n) is 21.2. The van der Waals surface area contributed by atoms with Gasteiger partial charge >= 0.3 is 0 Å². The highest BCUT2D eigenvalue weighted by atomic mass is 32.1. The molecule has 4 heterocycles. The fourth-order valence-corrected chi connectivity index (χ4v) is 10.9. The van der Waals surface area contributed by atoms with Gasteiger partial charge in [-0.25, -0.2) is 15.0 Å². The lowest BCUT2D eigenvalue weighted by molar-refractivity contribution is 1.07. The maximum absolute atomic E-state index is 5.47. The topological polar surface area (TPSA) is 48.5 Å². The molecule has 0 saturated heterocycles. The zero-order valence-corrected chi connectivity index (χ0v) is 34.7. The van der Waals surface area contributed by atoms with Crippen molar-refractivity contribution < 1.29 is 0 Å². The Bertz CT molecular complexity index is 3850. The van der Waals surface area contributed by atoms with Crippen LogP contribution in [-0.2, 0) is 0 Å². The Morgan fingerprint density at radius 3 is 1.44 bits per heavy atom. The summed E-state index contributed by atoms with van der Waals surface area (Å²) in [6, 6.07) is 75.5. The summed E-state index contributed by atoms with van der Waals surface area (Å²) >= 11 is 1.81. The Morgan fingerprint density at radius 2 is 0.778 bits per heavy atom. The molecule has 0 fully saturated rings. The Hall–Kier alpha value is -8.19. The molecule has 5 nitrogen and oxygen atoms in total. The third-order valence-corrected chi connectivity index (χ3v) is 13.6. The zero-order valence-electron chi connectivity index (χ0n) is 33.9. The molecule has 0 bridgehead atoms. The van der Waals surface area contributed by atoms with Crippen molar-refractivity contribution in [2.45, 2.75) is 0 Å². The van der Waals surface area contributed by atoms with Crippen LogP contribution in [0.1, 0.15) is 0 Å². The minimum Gasteiger partial charge on any atom is -0.309 e. The van der Waals surface area contributed by atoms with Gasteiger partial charge in [0.15, 0.2) is 17.5 Å². The number of fused-ring (bicyclic) bond motifs is 9. The summed E-state index contributed by atoms with van der Waals surface area (Å²) in [5.74, 6) is 1.88. The summed E-state index contributed by atoms with van der Waals surface area (Å²) in [5, 5.41) is 7.13. The minimum atomic E-state index is 0.624. The molecule has 13 rings (SSSR count). The largest absolute Gasteiger partial charge is 0.309 e. The van der Waals surface area contributed by atoms with Crippen LogP contribution >= 0.6 is 11.3 Å². The van der Waals surface area contributed by atoms with Crippen LogP contribution in [0.15, 0.2) is 212 Å². The first kappa shape index (κ1) is 35.6. The van der Waals surface area contributed by atoms with Gasteiger partial charge in [0.1, 0.15) is 0 Å². The summed E-state index contributed by atoms with van der Waals surface area (Å²) in [5.41, 5.74) is 12.0. The number of aromatic nitrogens is 5. The Kier molecular flexibility index (Phi) is 8.01. The van der Waals surface area contributed by atoms with Gasteiger partial charge in [0, 0.05) is 69.8 Å².